The second kappa shape index (κ2) is 2.40. The third-order valence-electron chi connectivity index (χ3n) is 1.11. The molecular weight excluding hydrogens is 112 g/mol. The summed E-state index contributed by atoms with van der Waals surface area (Å²) in [5.74, 6) is 0. The van der Waals surface area contributed by atoms with Crippen molar-refractivity contribution in [1.29, 1.82) is 0 Å². The monoisotopic (exact) mass is 120 g/mol. The molecule has 0 fully saturated rings. The van der Waals surface area contributed by atoms with Gasteiger partial charge in [-0.2, -0.15) is 0 Å². The molecule has 0 N–H and O–H groups in total. The first kappa shape index (κ1) is 5.95. The van der Waals surface area contributed by atoms with E-state index in [2.05, 4.69) is 16.5 Å². The predicted molar refractivity (Wildman–Crippen MR) is 36.9 cm³/mol. The molecule has 0 bridgehead atoms. The lowest BCUT2D eigenvalue weighted by Gasteiger charge is -1.93. The van der Waals surface area contributed by atoms with Gasteiger partial charge in [0.25, 0.3) is 0 Å². The van der Waals surface area contributed by atoms with E-state index in [-0.39, 0.29) is 0 Å². The van der Waals surface area contributed by atoms with E-state index in [9.17, 15) is 0 Å². The molecule has 0 aliphatic heterocycles. The fourth-order valence-electron chi connectivity index (χ4n) is 0.619. The Labute approximate surface area is 54.3 Å². The van der Waals surface area contributed by atoms with Gasteiger partial charge in [0.2, 0.25) is 0 Å². The molecule has 2 heteroatoms. The van der Waals surface area contributed by atoms with Crippen LogP contribution in [0.25, 0.3) is 6.08 Å². The van der Waals surface area contributed by atoms with Crippen LogP contribution in [0.1, 0.15) is 11.4 Å². The molecule has 0 saturated carbocycles. The van der Waals surface area contributed by atoms with Crippen molar-refractivity contribution < 1.29 is 0 Å². The maximum atomic E-state index is 4.02. The third-order valence-corrected chi connectivity index (χ3v) is 1.11. The zero-order chi connectivity index (χ0) is 6.69. The van der Waals surface area contributed by atoms with Crippen molar-refractivity contribution in [2.75, 3.05) is 0 Å². The van der Waals surface area contributed by atoms with E-state index >= 15 is 0 Å². The smallest absolute Gasteiger partial charge is 0.0836 e. The Morgan fingerprint density at radius 1 is 1.44 bits per heavy atom. The van der Waals surface area contributed by atoms with Crippen molar-refractivity contribution >= 4 is 6.08 Å². The Morgan fingerprint density at radius 3 is 2.56 bits per heavy atom. The molecule has 0 saturated heterocycles. The molecule has 0 amide bonds. The molecule has 2 nitrogen and oxygen atoms in total. The second-order valence-corrected chi connectivity index (χ2v) is 1.73. The Balaban J connectivity index is 3.15. The summed E-state index contributed by atoms with van der Waals surface area (Å²) in [4.78, 5) is 8.03. The second-order valence-electron chi connectivity index (χ2n) is 1.73. The summed E-state index contributed by atoms with van der Waals surface area (Å²) in [6.45, 7) is 5.50. The molecule has 1 rings (SSSR count). The number of rotatable bonds is 1. The van der Waals surface area contributed by atoms with E-state index in [0.717, 1.165) is 11.4 Å². The topological polar surface area (TPSA) is 25.8 Å². The zero-order valence-corrected chi connectivity index (χ0v) is 5.33. The van der Waals surface area contributed by atoms with E-state index in [1.165, 1.54) is 0 Å². The van der Waals surface area contributed by atoms with Crippen molar-refractivity contribution in [3.8, 4) is 0 Å². The highest BCUT2D eigenvalue weighted by Gasteiger charge is 1.90. The van der Waals surface area contributed by atoms with Gasteiger partial charge in [-0.25, -0.2) is 0 Å². The van der Waals surface area contributed by atoms with Gasteiger partial charge in [0, 0.05) is 12.4 Å². The molecule has 46 valence electrons. The molecule has 0 atom stereocenters. The first-order valence-electron chi connectivity index (χ1n) is 2.74. The third kappa shape index (κ3) is 1.13. The predicted octanol–water partition coefficient (Wildman–Crippen LogP) is 1.43. The summed E-state index contributed by atoms with van der Waals surface area (Å²) < 4.78 is 0. The lowest BCUT2D eigenvalue weighted by Crippen LogP contribution is -1.87. The molecular formula is C7H8N2. The van der Waals surface area contributed by atoms with Gasteiger partial charge in [-0.1, -0.05) is 6.58 Å². The number of aromatic nitrogens is 2. The number of nitrogens with zero attached hydrogens (tertiary/aromatic N) is 2. The molecule has 0 unspecified atom stereocenters. The molecule has 0 spiro atoms. The molecule has 9 heavy (non-hydrogen) atoms. The van der Waals surface area contributed by atoms with Crippen LogP contribution in [0.3, 0.4) is 0 Å². The maximum absolute atomic E-state index is 4.02. The Kier molecular flexibility index (Phi) is 1.58. The Hall–Kier alpha value is -1.18. The molecule has 1 aromatic heterocycles. The quantitative estimate of drug-likeness (QED) is 0.560. The van der Waals surface area contributed by atoms with Crippen LogP contribution in [0, 0.1) is 6.92 Å². The standard InChI is InChI=1S/C7H8N2/c1-3-7-6(2)8-4-5-9-7/h3-5H,1H2,2H3. The average Bonchev–Trinajstić information content (AvgIpc) is 1.89. The lowest BCUT2D eigenvalue weighted by atomic mass is 10.3. The van der Waals surface area contributed by atoms with Crippen LogP contribution in [0.4, 0.5) is 0 Å². The average molecular weight is 120 g/mol. The van der Waals surface area contributed by atoms with E-state index < -0.39 is 0 Å². The minimum Gasteiger partial charge on any atom is -0.258 e. The number of hydrogen-bond acceptors (Lipinski definition) is 2. The van der Waals surface area contributed by atoms with Gasteiger partial charge in [-0.05, 0) is 13.0 Å². The Morgan fingerprint density at radius 2 is 2.11 bits per heavy atom. The van der Waals surface area contributed by atoms with E-state index in [1.807, 2.05) is 6.92 Å². The summed E-state index contributed by atoms with van der Waals surface area (Å²) >= 11 is 0. The molecule has 0 radical (unpaired) electrons. The van der Waals surface area contributed by atoms with Gasteiger partial charge in [0.1, 0.15) is 0 Å². The summed E-state index contributed by atoms with van der Waals surface area (Å²) in [6, 6.07) is 0. The van der Waals surface area contributed by atoms with Gasteiger partial charge in [-0.15, -0.1) is 0 Å². The Bertz CT molecular complexity index is 218. The summed E-state index contributed by atoms with van der Waals surface area (Å²) in [5.41, 5.74) is 1.78. The SMILES string of the molecule is C=Cc1nccnc1C. The highest BCUT2D eigenvalue weighted by molar-refractivity contribution is 5.43. The highest BCUT2D eigenvalue weighted by atomic mass is 14.8. The van der Waals surface area contributed by atoms with Gasteiger partial charge in [0.05, 0.1) is 11.4 Å². The first-order valence-corrected chi connectivity index (χ1v) is 2.74. The normalized spacial score (nSPS) is 9.00. The van der Waals surface area contributed by atoms with Crippen molar-refractivity contribution in [3.05, 3.63) is 30.4 Å². The van der Waals surface area contributed by atoms with E-state index in [4.69, 9.17) is 0 Å². The summed E-state index contributed by atoms with van der Waals surface area (Å²) in [5, 5.41) is 0. The van der Waals surface area contributed by atoms with Gasteiger partial charge in [-0.3, -0.25) is 9.97 Å². The number of hydrogen-bond donors (Lipinski definition) is 0. The maximum Gasteiger partial charge on any atom is 0.0836 e. The van der Waals surface area contributed by atoms with Crippen LogP contribution < -0.4 is 0 Å². The van der Waals surface area contributed by atoms with Gasteiger partial charge >= 0.3 is 0 Å². The van der Waals surface area contributed by atoms with Crippen molar-refractivity contribution in [3.63, 3.8) is 0 Å². The van der Waals surface area contributed by atoms with Gasteiger partial charge in [0.15, 0.2) is 0 Å². The summed E-state index contributed by atoms with van der Waals surface area (Å²) in [6.07, 6.45) is 5.02. The number of aryl methyl sites for hydroxylation is 1. The summed E-state index contributed by atoms with van der Waals surface area (Å²) in [7, 11) is 0. The minimum atomic E-state index is 0.859. The first-order chi connectivity index (χ1) is 4.34. The minimum absolute atomic E-state index is 0.859. The van der Waals surface area contributed by atoms with Crippen LogP contribution in [0.5, 0.6) is 0 Å². The van der Waals surface area contributed by atoms with Gasteiger partial charge < -0.3 is 0 Å². The van der Waals surface area contributed by atoms with Crippen LogP contribution >= 0.6 is 0 Å². The highest BCUT2D eigenvalue weighted by Crippen LogP contribution is 1.98. The molecule has 0 aromatic carbocycles. The van der Waals surface area contributed by atoms with Crippen molar-refractivity contribution in [2.45, 2.75) is 6.92 Å². The van der Waals surface area contributed by atoms with Crippen LogP contribution in [-0.2, 0) is 0 Å². The van der Waals surface area contributed by atoms with E-state index in [1.54, 1.807) is 18.5 Å². The fourth-order valence-corrected chi connectivity index (χ4v) is 0.619. The zero-order valence-electron chi connectivity index (χ0n) is 5.33. The van der Waals surface area contributed by atoms with Crippen LogP contribution in [-0.4, -0.2) is 9.97 Å². The van der Waals surface area contributed by atoms with E-state index in [0.29, 0.717) is 0 Å². The fraction of sp³-hybridized carbons (Fsp3) is 0.143. The lowest BCUT2D eigenvalue weighted by molar-refractivity contribution is 1.10. The largest absolute Gasteiger partial charge is 0.258 e. The molecule has 0 aliphatic rings. The van der Waals surface area contributed by atoms with Crippen LogP contribution in [0.15, 0.2) is 19.0 Å². The molecule has 0 aliphatic carbocycles. The molecule has 1 aromatic rings. The van der Waals surface area contributed by atoms with Crippen molar-refractivity contribution in [2.24, 2.45) is 0 Å². The van der Waals surface area contributed by atoms with Crippen LogP contribution in [0.2, 0.25) is 0 Å². The molecule has 1 heterocycles. The van der Waals surface area contributed by atoms with Crippen molar-refractivity contribution in [1.82, 2.24) is 9.97 Å².